The molecule has 3 aromatic rings. The second-order valence-corrected chi connectivity index (χ2v) is 7.13. The molecule has 4 heterocycles. The van der Waals surface area contributed by atoms with Crippen LogP contribution in [0, 0.1) is 0 Å². The summed E-state index contributed by atoms with van der Waals surface area (Å²) in [4.78, 5) is 24.7. The highest BCUT2D eigenvalue weighted by Gasteiger charge is 2.27. The number of amides is 1. The Hall–Kier alpha value is -2.15. The summed E-state index contributed by atoms with van der Waals surface area (Å²) in [6.45, 7) is 4.65. The summed E-state index contributed by atoms with van der Waals surface area (Å²) in [6.07, 6.45) is 10.3. The van der Waals surface area contributed by atoms with Crippen LogP contribution in [0.2, 0.25) is 0 Å². The number of aromatic nitrogens is 4. The number of likely N-dealkylation sites (tertiary alicyclic amines) is 1. The van der Waals surface area contributed by atoms with Crippen LogP contribution in [-0.4, -0.2) is 42.8 Å². The molecule has 7 heteroatoms. The number of carbonyl (C=O) groups is 1. The Kier molecular flexibility index (Phi) is 4.10. The maximum Gasteiger partial charge on any atom is 0.228 e. The molecule has 24 heavy (non-hydrogen) atoms. The average Bonchev–Trinajstić information content (AvgIpc) is 3.30. The molecule has 0 radical (unpaired) electrons. The zero-order valence-corrected chi connectivity index (χ0v) is 14.6. The van der Waals surface area contributed by atoms with Crippen LogP contribution in [0.4, 0.5) is 0 Å². The topological polar surface area (TPSA) is 55.4 Å². The summed E-state index contributed by atoms with van der Waals surface area (Å²) in [5, 5.41) is 2.00. The van der Waals surface area contributed by atoms with Crippen molar-refractivity contribution in [2.45, 2.75) is 38.6 Å². The Balaban J connectivity index is 1.45. The smallest absolute Gasteiger partial charge is 0.228 e. The maximum atomic E-state index is 12.7. The number of nitrogens with zero attached hydrogens (tertiary/aromatic N) is 5. The molecule has 1 atom stereocenters. The maximum absolute atomic E-state index is 12.7. The van der Waals surface area contributed by atoms with Crippen molar-refractivity contribution in [3.8, 4) is 0 Å². The summed E-state index contributed by atoms with van der Waals surface area (Å²) in [5.74, 6) is 1.61. The van der Waals surface area contributed by atoms with Gasteiger partial charge in [-0.2, -0.15) is 0 Å². The van der Waals surface area contributed by atoms with Gasteiger partial charge in [0.05, 0.1) is 12.1 Å². The predicted octanol–water partition coefficient (Wildman–Crippen LogP) is 2.56. The average molecular weight is 343 g/mol. The van der Waals surface area contributed by atoms with E-state index in [0.717, 1.165) is 49.0 Å². The van der Waals surface area contributed by atoms with E-state index in [1.165, 1.54) is 0 Å². The van der Waals surface area contributed by atoms with Crippen molar-refractivity contribution in [1.29, 1.82) is 0 Å². The number of thiazole rings is 1. The molecule has 4 rings (SSSR count). The number of piperidine rings is 1. The Morgan fingerprint density at radius 3 is 3.17 bits per heavy atom. The molecule has 1 saturated heterocycles. The molecule has 1 fully saturated rings. The fourth-order valence-corrected chi connectivity index (χ4v) is 4.21. The molecule has 0 aliphatic carbocycles. The molecule has 1 aliphatic rings. The molecular weight excluding hydrogens is 322 g/mol. The minimum absolute atomic E-state index is 0.167. The van der Waals surface area contributed by atoms with Gasteiger partial charge in [0, 0.05) is 55.7 Å². The number of carbonyl (C=O) groups excluding carboxylic acids is 1. The van der Waals surface area contributed by atoms with Gasteiger partial charge in [0.1, 0.15) is 5.82 Å². The van der Waals surface area contributed by atoms with Crippen LogP contribution >= 0.6 is 11.3 Å². The van der Waals surface area contributed by atoms with Gasteiger partial charge in [-0.15, -0.1) is 11.3 Å². The van der Waals surface area contributed by atoms with Crippen molar-refractivity contribution in [2.24, 2.45) is 0 Å². The van der Waals surface area contributed by atoms with E-state index in [9.17, 15) is 4.79 Å². The van der Waals surface area contributed by atoms with E-state index in [0.29, 0.717) is 12.3 Å². The van der Waals surface area contributed by atoms with Crippen LogP contribution in [0.5, 0.6) is 0 Å². The second-order valence-electron chi connectivity index (χ2n) is 6.25. The Bertz CT molecular complexity index is 820. The van der Waals surface area contributed by atoms with Gasteiger partial charge in [0.2, 0.25) is 5.91 Å². The highest BCUT2D eigenvalue weighted by Crippen LogP contribution is 2.26. The minimum atomic E-state index is 0.167. The molecule has 6 nitrogen and oxygen atoms in total. The van der Waals surface area contributed by atoms with Crippen molar-refractivity contribution in [3.05, 3.63) is 41.7 Å². The first-order chi connectivity index (χ1) is 11.7. The summed E-state index contributed by atoms with van der Waals surface area (Å²) in [6, 6.07) is 0. The largest absolute Gasteiger partial charge is 0.342 e. The van der Waals surface area contributed by atoms with Crippen molar-refractivity contribution in [2.75, 3.05) is 13.1 Å². The molecule has 0 spiro atoms. The van der Waals surface area contributed by atoms with Crippen molar-refractivity contribution < 1.29 is 4.79 Å². The van der Waals surface area contributed by atoms with Gasteiger partial charge in [0.25, 0.3) is 0 Å². The lowest BCUT2D eigenvalue weighted by molar-refractivity contribution is -0.131. The molecule has 0 saturated carbocycles. The lowest BCUT2D eigenvalue weighted by atomic mass is 9.96. The summed E-state index contributed by atoms with van der Waals surface area (Å²) in [7, 11) is 0. The van der Waals surface area contributed by atoms with Crippen molar-refractivity contribution in [3.63, 3.8) is 0 Å². The van der Waals surface area contributed by atoms with E-state index >= 15 is 0 Å². The van der Waals surface area contributed by atoms with E-state index in [1.54, 1.807) is 11.3 Å². The first-order valence-corrected chi connectivity index (χ1v) is 9.32. The van der Waals surface area contributed by atoms with Crippen LogP contribution in [-0.2, 0) is 17.8 Å². The van der Waals surface area contributed by atoms with Crippen molar-refractivity contribution >= 4 is 22.2 Å². The van der Waals surface area contributed by atoms with Crippen LogP contribution in [0.1, 0.15) is 37.2 Å². The van der Waals surface area contributed by atoms with E-state index in [-0.39, 0.29) is 5.91 Å². The van der Waals surface area contributed by atoms with Gasteiger partial charge in [0.15, 0.2) is 4.96 Å². The first-order valence-electron chi connectivity index (χ1n) is 8.44. The van der Waals surface area contributed by atoms with Gasteiger partial charge in [-0.25, -0.2) is 9.97 Å². The molecule has 1 amide bonds. The number of rotatable bonds is 4. The third kappa shape index (κ3) is 2.84. The van der Waals surface area contributed by atoms with Crippen LogP contribution in [0.3, 0.4) is 0 Å². The molecule has 0 N–H and O–H groups in total. The highest BCUT2D eigenvalue weighted by atomic mass is 32.1. The zero-order chi connectivity index (χ0) is 16.5. The van der Waals surface area contributed by atoms with Crippen LogP contribution in [0.15, 0.2) is 30.2 Å². The lowest BCUT2D eigenvalue weighted by Crippen LogP contribution is -2.40. The summed E-state index contributed by atoms with van der Waals surface area (Å²) < 4.78 is 4.16. The van der Waals surface area contributed by atoms with Crippen LogP contribution < -0.4 is 0 Å². The molecule has 0 bridgehead atoms. The van der Waals surface area contributed by atoms with Gasteiger partial charge < -0.3 is 9.47 Å². The highest BCUT2D eigenvalue weighted by molar-refractivity contribution is 7.15. The first kappa shape index (κ1) is 15.4. The normalized spacial score (nSPS) is 18.4. The van der Waals surface area contributed by atoms with Gasteiger partial charge in [-0.1, -0.05) is 0 Å². The number of hydrogen-bond donors (Lipinski definition) is 0. The summed E-state index contributed by atoms with van der Waals surface area (Å²) >= 11 is 1.59. The molecule has 0 unspecified atom stereocenters. The molecular formula is C17H21N5OS. The predicted molar refractivity (Wildman–Crippen MR) is 93.2 cm³/mol. The quantitative estimate of drug-likeness (QED) is 0.731. The number of aryl methyl sites for hydroxylation is 1. The molecule has 3 aromatic heterocycles. The van der Waals surface area contributed by atoms with E-state index in [1.807, 2.05) is 39.5 Å². The van der Waals surface area contributed by atoms with Gasteiger partial charge >= 0.3 is 0 Å². The fourth-order valence-electron chi connectivity index (χ4n) is 3.49. The number of imidazole rings is 2. The molecule has 0 aromatic carbocycles. The monoisotopic (exact) mass is 343 g/mol. The van der Waals surface area contributed by atoms with E-state index in [4.69, 9.17) is 0 Å². The third-order valence-corrected chi connectivity index (χ3v) is 5.47. The van der Waals surface area contributed by atoms with Crippen LogP contribution in [0.25, 0.3) is 4.96 Å². The lowest BCUT2D eigenvalue weighted by Gasteiger charge is -2.32. The standard InChI is InChI=1S/C17H21N5OS/c1-2-20-7-5-18-16(20)13-4-3-6-21(11-13)15(23)10-14-12-22-8-9-24-17(22)19-14/h5,7-9,12-13H,2-4,6,10-11H2,1H3/t13-/m0/s1. The van der Waals surface area contributed by atoms with Gasteiger partial charge in [-0.3, -0.25) is 9.20 Å². The summed E-state index contributed by atoms with van der Waals surface area (Å²) in [5.41, 5.74) is 0.851. The van der Waals surface area contributed by atoms with Gasteiger partial charge in [-0.05, 0) is 19.8 Å². The zero-order valence-electron chi connectivity index (χ0n) is 13.8. The fraction of sp³-hybridized carbons (Fsp3) is 0.471. The second kappa shape index (κ2) is 6.39. The van der Waals surface area contributed by atoms with Crippen molar-refractivity contribution in [1.82, 2.24) is 23.8 Å². The SMILES string of the molecule is CCn1ccnc1[C@H]1CCCN(C(=O)Cc2cn3ccsc3n2)C1. The Morgan fingerprint density at radius 2 is 2.33 bits per heavy atom. The number of fused-ring (bicyclic) bond motifs is 1. The van der Waals surface area contributed by atoms with E-state index in [2.05, 4.69) is 21.5 Å². The Labute approximate surface area is 144 Å². The van der Waals surface area contributed by atoms with E-state index < -0.39 is 0 Å². The molecule has 1 aliphatic heterocycles. The Morgan fingerprint density at radius 1 is 1.42 bits per heavy atom. The molecule has 126 valence electrons. The third-order valence-electron chi connectivity index (χ3n) is 4.70. The number of hydrogen-bond acceptors (Lipinski definition) is 4. The minimum Gasteiger partial charge on any atom is -0.342 e.